The number of nitrogens with zero attached hydrogens (tertiary/aromatic N) is 2. The highest BCUT2D eigenvalue weighted by Crippen LogP contribution is 2.25. The number of hydrogen-bond donors (Lipinski definition) is 2. The molecular weight excluding hydrogens is 264 g/mol. The van der Waals surface area contributed by atoms with E-state index in [1.807, 2.05) is 4.90 Å². The number of carbonyl (C=O) groups is 1. The van der Waals surface area contributed by atoms with Crippen molar-refractivity contribution < 1.29 is 4.79 Å². The van der Waals surface area contributed by atoms with Gasteiger partial charge >= 0.3 is 0 Å². The van der Waals surface area contributed by atoms with Crippen molar-refractivity contribution in [3.05, 3.63) is 22.8 Å². The highest BCUT2D eigenvalue weighted by Gasteiger charge is 2.29. The van der Waals surface area contributed by atoms with E-state index in [0.29, 0.717) is 16.8 Å². The van der Waals surface area contributed by atoms with Crippen molar-refractivity contribution >= 4 is 23.3 Å². The maximum atomic E-state index is 12.6. The quantitative estimate of drug-likeness (QED) is 0.645. The molecule has 0 radical (unpaired) electrons. The van der Waals surface area contributed by atoms with Crippen molar-refractivity contribution in [1.82, 2.24) is 9.88 Å². The van der Waals surface area contributed by atoms with E-state index in [9.17, 15) is 4.79 Å². The minimum absolute atomic E-state index is 0.124. The summed E-state index contributed by atoms with van der Waals surface area (Å²) in [5.74, 6) is 6.14. The maximum Gasteiger partial charge on any atom is 0.274 e. The van der Waals surface area contributed by atoms with Crippen LogP contribution in [0, 0.1) is 5.92 Å². The minimum Gasteiger partial charge on any atom is -0.334 e. The van der Waals surface area contributed by atoms with E-state index < -0.39 is 0 Å². The van der Waals surface area contributed by atoms with Crippen molar-refractivity contribution in [2.24, 2.45) is 11.8 Å². The fourth-order valence-corrected chi connectivity index (χ4v) is 2.57. The number of halogens is 1. The van der Waals surface area contributed by atoms with Gasteiger partial charge in [-0.1, -0.05) is 18.5 Å². The number of likely N-dealkylation sites (tertiary alicyclic amines) is 1. The molecule has 2 rings (SSSR count). The van der Waals surface area contributed by atoms with Crippen molar-refractivity contribution in [3.63, 3.8) is 0 Å². The number of piperidine rings is 1. The summed E-state index contributed by atoms with van der Waals surface area (Å²) >= 11 is 6.07. The molecule has 1 fully saturated rings. The van der Waals surface area contributed by atoms with E-state index in [0.717, 1.165) is 19.4 Å². The molecule has 0 aliphatic carbocycles. The first kappa shape index (κ1) is 14.1. The molecule has 5 nitrogen and oxygen atoms in total. The third kappa shape index (κ3) is 2.98. The van der Waals surface area contributed by atoms with Crippen LogP contribution >= 0.6 is 11.6 Å². The van der Waals surface area contributed by atoms with Crippen molar-refractivity contribution in [1.29, 1.82) is 0 Å². The molecule has 0 spiro atoms. The van der Waals surface area contributed by atoms with E-state index in [2.05, 4.69) is 24.3 Å². The van der Waals surface area contributed by atoms with Crippen LogP contribution in [0.25, 0.3) is 0 Å². The highest BCUT2D eigenvalue weighted by molar-refractivity contribution is 6.33. The van der Waals surface area contributed by atoms with Gasteiger partial charge in [0.2, 0.25) is 0 Å². The lowest BCUT2D eigenvalue weighted by atomic mass is 9.95. The minimum atomic E-state index is -0.124. The van der Waals surface area contributed by atoms with Crippen molar-refractivity contribution in [3.8, 4) is 0 Å². The summed E-state index contributed by atoms with van der Waals surface area (Å²) in [6, 6.07) is 3.49. The largest absolute Gasteiger partial charge is 0.334 e. The Labute approximate surface area is 118 Å². The lowest BCUT2D eigenvalue weighted by Gasteiger charge is -2.36. The Morgan fingerprint density at radius 3 is 2.89 bits per heavy atom. The van der Waals surface area contributed by atoms with Gasteiger partial charge in [0.25, 0.3) is 5.91 Å². The molecule has 2 unspecified atom stereocenters. The van der Waals surface area contributed by atoms with Gasteiger partial charge < -0.3 is 10.3 Å². The fourth-order valence-electron chi connectivity index (χ4n) is 2.38. The Hall–Kier alpha value is -1.33. The summed E-state index contributed by atoms with van der Waals surface area (Å²) < 4.78 is 0. The van der Waals surface area contributed by atoms with Gasteiger partial charge in [0, 0.05) is 12.6 Å². The molecule has 19 heavy (non-hydrogen) atoms. The van der Waals surface area contributed by atoms with Gasteiger partial charge in [0.1, 0.15) is 11.5 Å². The monoisotopic (exact) mass is 282 g/mol. The molecule has 1 aromatic heterocycles. The fraction of sp³-hybridized carbons (Fsp3) is 0.538. The van der Waals surface area contributed by atoms with Crippen LogP contribution in [-0.4, -0.2) is 28.4 Å². The molecule has 2 heterocycles. The predicted octanol–water partition coefficient (Wildman–Crippen LogP) is 2.28. The van der Waals surface area contributed by atoms with Gasteiger partial charge in [-0.05, 0) is 37.8 Å². The first-order valence-corrected chi connectivity index (χ1v) is 6.85. The van der Waals surface area contributed by atoms with Gasteiger partial charge in [-0.3, -0.25) is 4.79 Å². The van der Waals surface area contributed by atoms with Crippen LogP contribution in [0.4, 0.5) is 5.82 Å². The normalized spacial score (nSPS) is 23.3. The Morgan fingerprint density at radius 1 is 1.47 bits per heavy atom. The number of aromatic nitrogens is 1. The molecule has 3 N–H and O–H groups in total. The molecule has 1 saturated heterocycles. The summed E-state index contributed by atoms with van der Waals surface area (Å²) in [7, 11) is 0. The Kier molecular flexibility index (Phi) is 4.27. The molecule has 0 bridgehead atoms. The Balaban J connectivity index is 2.27. The lowest BCUT2D eigenvalue weighted by molar-refractivity contribution is 0.0568. The van der Waals surface area contributed by atoms with Crippen LogP contribution in [-0.2, 0) is 0 Å². The van der Waals surface area contributed by atoms with Crippen molar-refractivity contribution in [2.75, 3.05) is 12.0 Å². The van der Waals surface area contributed by atoms with E-state index in [4.69, 9.17) is 17.4 Å². The second-order valence-electron chi connectivity index (χ2n) is 5.16. The summed E-state index contributed by atoms with van der Waals surface area (Å²) in [5.41, 5.74) is 2.69. The average Bonchev–Trinajstić information content (AvgIpc) is 2.41. The lowest BCUT2D eigenvalue weighted by Crippen LogP contribution is -2.45. The average molecular weight is 283 g/mol. The molecule has 0 aromatic carbocycles. The standard InChI is InChI=1S/C13H19ClN4O/c1-8-3-4-9(2)18(7-8)13(19)12-10(14)5-6-11(16-12)17-15/h5-6,8-9H,3-4,7,15H2,1-2H3,(H,16,17). The molecule has 2 atom stereocenters. The zero-order chi connectivity index (χ0) is 14.0. The van der Waals surface area contributed by atoms with Gasteiger partial charge in [0.05, 0.1) is 5.02 Å². The molecular formula is C13H19ClN4O. The maximum absolute atomic E-state index is 12.6. The van der Waals surface area contributed by atoms with Crippen LogP contribution in [0.5, 0.6) is 0 Å². The molecule has 1 aromatic rings. The third-order valence-electron chi connectivity index (χ3n) is 3.57. The van der Waals surface area contributed by atoms with Crippen molar-refractivity contribution in [2.45, 2.75) is 32.7 Å². The van der Waals surface area contributed by atoms with Crippen LogP contribution < -0.4 is 11.3 Å². The first-order valence-electron chi connectivity index (χ1n) is 6.47. The molecule has 1 aliphatic rings. The second-order valence-corrected chi connectivity index (χ2v) is 5.57. The van der Waals surface area contributed by atoms with E-state index in [1.54, 1.807) is 12.1 Å². The summed E-state index contributed by atoms with van der Waals surface area (Å²) in [5, 5.41) is 0.356. The molecule has 1 amide bonds. The molecule has 1 aliphatic heterocycles. The number of nitrogen functional groups attached to an aromatic ring is 1. The smallest absolute Gasteiger partial charge is 0.274 e. The number of anilines is 1. The number of pyridine rings is 1. The number of nitrogens with two attached hydrogens (primary N) is 1. The SMILES string of the molecule is CC1CCC(C)N(C(=O)c2nc(NN)ccc2Cl)C1. The number of hydrogen-bond acceptors (Lipinski definition) is 4. The number of rotatable bonds is 2. The summed E-state index contributed by atoms with van der Waals surface area (Å²) in [6.45, 7) is 4.96. The van der Waals surface area contributed by atoms with Crippen LogP contribution in [0.2, 0.25) is 5.02 Å². The van der Waals surface area contributed by atoms with Crippen LogP contribution in [0.1, 0.15) is 37.2 Å². The van der Waals surface area contributed by atoms with Gasteiger partial charge in [0.15, 0.2) is 0 Å². The van der Waals surface area contributed by atoms with Gasteiger partial charge in [-0.15, -0.1) is 0 Å². The number of hydrazine groups is 1. The van der Waals surface area contributed by atoms with E-state index >= 15 is 0 Å². The van der Waals surface area contributed by atoms with Gasteiger partial charge in [-0.2, -0.15) is 0 Å². The second kappa shape index (κ2) is 5.75. The molecule has 104 valence electrons. The first-order chi connectivity index (χ1) is 9.02. The summed E-state index contributed by atoms with van der Waals surface area (Å²) in [4.78, 5) is 18.6. The Bertz CT molecular complexity index is 480. The van der Waals surface area contributed by atoms with E-state index in [1.165, 1.54) is 0 Å². The molecule has 0 saturated carbocycles. The number of nitrogens with one attached hydrogen (secondary N) is 1. The summed E-state index contributed by atoms with van der Waals surface area (Å²) in [6.07, 6.45) is 2.16. The highest BCUT2D eigenvalue weighted by atomic mass is 35.5. The topological polar surface area (TPSA) is 71.2 Å². The third-order valence-corrected chi connectivity index (χ3v) is 3.88. The number of amides is 1. The zero-order valence-electron chi connectivity index (χ0n) is 11.2. The molecule has 6 heteroatoms. The van der Waals surface area contributed by atoms with Crippen LogP contribution in [0.15, 0.2) is 12.1 Å². The van der Waals surface area contributed by atoms with E-state index in [-0.39, 0.29) is 17.6 Å². The Morgan fingerprint density at radius 2 is 2.21 bits per heavy atom. The number of carbonyl (C=O) groups excluding carboxylic acids is 1. The van der Waals surface area contributed by atoms with Crippen LogP contribution in [0.3, 0.4) is 0 Å². The predicted molar refractivity (Wildman–Crippen MR) is 76.0 cm³/mol. The van der Waals surface area contributed by atoms with Gasteiger partial charge in [-0.25, -0.2) is 10.8 Å². The zero-order valence-corrected chi connectivity index (χ0v) is 11.9.